The molecule has 0 bridgehead atoms. The van der Waals surface area contributed by atoms with E-state index in [0.29, 0.717) is 19.3 Å². The van der Waals surface area contributed by atoms with Crippen molar-refractivity contribution < 1.29 is 28.6 Å². The van der Waals surface area contributed by atoms with Gasteiger partial charge in [0.2, 0.25) is 0 Å². The first kappa shape index (κ1) is 74.3. The molecule has 448 valence electrons. The van der Waals surface area contributed by atoms with Crippen LogP contribution in [0.25, 0.3) is 0 Å². The van der Waals surface area contributed by atoms with Crippen LogP contribution in [0.3, 0.4) is 0 Å². The number of allylic oxidation sites excluding steroid dienone is 16. The van der Waals surface area contributed by atoms with Crippen LogP contribution in [-0.4, -0.2) is 37.2 Å². The molecular weight excluding hydrogens is 961 g/mol. The first-order valence-electron chi connectivity index (χ1n) is 33.2. The minimum absolute atomic E-state index is 0.0911. The van der Waals surface area contributed by atoms with Gasteiger partial charge >= 0.3 is 17.9 Å². The Bertz CT molecular complexity index is 1530. The number of esters is 3. The zero-order valence-corrected chi connectivity index (χ0v) is 51.4. The Balaban J connectivity index is 4.33. The van der Waals surface area contributed by atoms with Gasteiger partial charge in [-0.2, -0.15) is 0 Å². The van der Waals surface area contributed by atoms with E-state index in [1.807, 2.05) is 0 Å². The van der Waals surface area contributed by atoms with Gasteiger partial charge in [-0.25, -0.2) is 0 Å². The van der Waals surface area contributed by atoms with Gasteiger partial charge in [-0.3, -0.25) is 14.4 Å². The van der Waals surface area contributed by atoms with E-state index >= 15 is 0 Å². The van der Waals surface area contributed by atoms with Crippen molar-refractivity contribution in [3.63, 3.8) is 0 Å². The number of hydrogen-bond acceptors (Lipinski definition) is 6. The summed E-state index contributed by atoms with van der Waals surface area (Å²) in [7, 11) is 0. The van der Waals surface area contributed by atoms with E-state index in [9.17, 15) is 14.4 Å². The third-order valence-electron chi connectivity index (χ3n) is 14.3. The first-order chi connectivity index (χ1) is 38.5. The van der Waals surface area contributed by atoms with Crippen LogP contribution in [0.4, 0.5) is 0 Å². The Labute approximate surface area is 483 Å². The van der Waals surface area contributed by atoms with Gasteiger partial charge in [0.1, 0.15) is 13.2 Å². The second-order valence-corrected chi connectivity index (χ2v) is 22.0. The number of ether oxygens (including phenoxy) is 3. The molecule has 1 atom stereocenters. The molecule has 0 amide bonds. The van der Waals surface area contributed by atoms with Crippen molar-refractivity contribution in [1.29, 1.82) is 0 Å². The van der Waals surface area contributed by atoms with Gasteiger partial charge in [0, 0.05) is 19.3 Å². The molecule has 0 aliphatic rings. The van der Waals surface area contributed by atoms with Crippen molar-refractivity contribution in [2.45, 2.75) is 329 Å². The normalized spacial score (nSPS) is 12.7. The van der Waals surface area contributed by atoms with Crippen molar-refractivity contribution in [3.05, 3.63) is 97.2 Å². The molecule has 78 heavy (non-hydrogen) atoms. The van der Waals surface area contributed by atoms with E-state index in [0.717, 1.165) is 128 Å². The molecule has 0 aromatic rings. The van der Waals surface area contributed by atoms with Gasteiger partial charge in [0.05, 0.1) is 0 Å². The highest BCUT2D eigenvalue weighted by atomic mass is 16.6. The highest BCUT2D eigenvalue weighted by Crippen LogP contribution is 2.16. The van der Waals surface area contributed by atoms with Crippen LogP contribution in [0.1, 0.15) is 323 Å². The van der Waals surface area contributed by atoms with Crippen LogP contribution in [0, 0.1) is 0 Å². The Morgan fingerprint density at radius 1 is 0.269 bits per heavy atom. The van der Waals surface area contributed by atoms with Gasteiger partial charge in [-0.1, -0.05) is 279 Å². The fourth-order valence-corrected chi connectivity index (χ4v) is 9.32. The molecule has 0 aliphatic heterocycles. The van der Waals surface area contributed by atoms with E-state index < -0.39 is 6.10 Å². The van der Waals surface area contributed by atoms with Crippen LogP contribution >= 0.6 is 0 Å². The maximum atomic E-state index is 12.9. The van der Waals surface area contributed by atoms with Gasteiger partial charge < -0.3 is 14.2 Å². The second kappa shape index (κ2) is 65.8. The molecule has 0 N–H and O–H groups in total. The standard InChI is InChI=1S/C72H124O6/c1-4-7-10-13-16-19-22-25-28-31-32-33-34-35-36-37-38-39-40-42-44-47-50-53-56-59-62-65-71(74)77-68-69(67-76-70(73)64-61-58-55-52-49-46-43-30-27-24-21-18-15-12-9-6-3)78-72(75)66-63-60-57-54-51-48-45-41-29-26-23-20-17-14-11-8-5-2/h8,11,17,20-22,24-26,29-32,43,45,48,69H,4-7,9-10,12-16,18-19,23,27-28,33-42,44,46-47,49-68H2,1-3H3/b11-8-,20-17-,24-21-,25-22-,29-26-,32-31-,43-30-,48-45-. The van der Waals surface area contributed by atoms with E-state index in [1.165, 1.54) is 154 Å². The summed E-state index contributed by atoms with van der Waals surface area (Å²) in [6.45, 7) is 6.50. The molecule has 0 aromatic carbocycles. The lowest BCUT2D eigenvalue weighted by Crippen LogP contribution is -2.30. The zero-order valence-electron chi connectivity index (χ0n) is 51.4. The van der Waals surface area contributed by atoms with E-state index in [4.69, 9.17) is 14.2 Å². The van der Waals surface area contributed by atoms with Gasteiger partial charge in [-0.15, -0.1) is 0 Å². The summed E-state index contributed by atoms with van der Waals surface area (Å²) in [5.74, 6) is -0.919. The van der Waals surface area contributed by atoms with Gasteiger partial charge in [0.25, 0.3) is 0 Å². The number of rotatable bonds is 60. The molecule has 0 rings (SSSR count). The maximum absolute atomic E-state index is 12.9. The highest BCUT2D eigenvalue weighted by molar-refractivity contribution is 5.71. The monoisotopic (exact) mass is 1080 g/mol. The predicted octanol–water partition coefficient (Wildman–Crippen LogP) is 22.8. The number of hydrogen-bond donors (Lipinski definition) is 0. The molecule has 0 aromatic heterocycles. The van der Waals surface area contributed by atoms with E-state index in [1.54, 1.807) is 0 Å². The Hall–Kier alpha value is -3.67. The molecule has 0 heterocycles. The lowest BCUT2D eigenvalue weighted by atomic mass is 10.0. The van der Waals surface area contributed by atoms with Crippen LogP contribution in [0.15, 0.2) is 97.2 Å². The number of carbonyl (C=O) groups excluding carboxylic acids is 3. The smallest absolute Gasteiger partial charge is 0.306 e. The second-order valence-electron chi connectivity index (χ2n) is 22.0. The Morgan fingerprint density at radius 3 is 0.795 bits per heavy atom. The molecule has 0 saturated heterocycles. The van der Waals surface area contributed by atoms with Crippen molar-refractivity contribution in [1.82, 2.24) is 0 Å². The summed E-state index contributed by atoms with van der Waals surface area (Å²) in [4.78, 5) is 38.4. The van der Waals surface area contributed by atoms with E-state index in [2.05, 4.69) is 118 Å². The minimum Gasteiger partial charge on any atom is -0.462 e. The third-order valence-corrected chi connectivity index (χ3v) is 14.3. The maximum Gasteiger partial charge on any atom is 0.306 e. The van der Waals surface area contributed by atoms with Crippen LogP contribution < -0.4 is 0 Å². The molecule has 6 nitrogen and oxygen atoms in total. The molecule has 0 fully saturated rings. The molecule has 0 radical (unpaired) electrons. The summed E-state index contributed by atoms with van der Waals surface area (Å²) >= 11 is 0. The summed E-state index contributed by atoms with van der Waals surface area (Å²) in [5, 5.41) is 0. The van der Waals surface area contributed by atoms with Crippen molar-refractivity contribution in [2.75, 3.05) is 13.2 Å². The first-order valence-corrected chi connectivity index (χ1v) is 33.2. The van der Waals surface area contributed by atoms with Crippen molar-refractivity contribution in [3.8, 4) is 0 Å². The van der Waals surface area contributed by atoms with E-state index in [-0.39, 0.29) is 31.1 Å². The lowest BCUT2D eigenvalue weighted by Gasteiger charge is -2.18. The zero-order chi connectivity index (χ0) is 56.4. The average Bonchev–Trinajstić information content (AvgIpc) is 3.44. The molecule has 1 unspecified atom stereocenters. The average molecular weight is 1090 g/mol. The molecular formula is C72H124O6. The lowest BCUT2D eigenvalue weighted by molar-refractivity contribution is -0.167. The SMILES string of the molecule is CC/C=C\C/C=C\C/C=C\C/C=C\CCCCCCC(=O)OC(COC(=O)CCCCCCC/C=C\C/C=C\CCCCCC)COC(=O)CCCCCCCCCCCCCCCCC/C=C\C/C=C\CCCCCCC. The summed E-state index contributed by atoms with van der Waals surface area (Å²) in [5.41, 5.74) is 0. The van der Waals surface area contributed by atoms with Crippen LogP contribution in [-0.2, 0) is 28.6 Å². The third kappa shape index (κ3) is 63.2. The number of unbranched alkanes of at least 4 members (excludes halogenated alkanes) is 33. The molecule has 0 saturated carbocycles. The van der Waals surface area contributed by atoms with Crippen molar-refractivity contribution >= 4 is 17.9 Å². The predicted molar refractivity (Wildman–Crippen MR) is 339 cm³/mol. The summed E-state index contributed by atoms with van der Waals surface area (Å²) in [6, 6.07) is 0. The summed E-state index contributed by atoms with van der Waals surface area (Å²) in [6.07, 6.45) is 88.5. The molecule has 0 spiro atoms. The van der Waals surface area contributed by atoms with Gasteiger partial charge in [-0.05, 0) is 122 Å². The summed E-state index contributed by atoms with van der Waals surface area (Å²) < 4.78 is 16.9. The fourth-order valence-electron chi connectivity index (χ4n) is 9.32. The highest BCUT2D eigenvalue weighted by Gasteiger charge is 2.19. The Morgan fingerprint density at radius 2 is 0.500 bits per heavy atom. The largest absolute Gasteiger partial charge is 0.462 e. The number of carbonyl (C=O) groups is 3. The Kier molecular flexibility index (Phi) is 62.7. The quantitative estimate of drug-likeness (QED) is 0.0261. The van der Waals surface area contributed by atoms with Crippen molar-refractivity contribution in [2.24, 2.45) is 0 Å². The topological polar surface area (TPSA) is 78.9 Å². The fraction of sp³-hybridized carbons (Fsp3) is 0.736. The van der Waals surface area contributed by atoms with Gasteiger partial charge in [0.15, 0.2) is 6.10 Å². The molecule has 0 aliphatic carbocycles. The molecule has 6 heteroatoms. The van der Waals surface area contributed by atoms with Crippen LogP contribution in [0.2, 0.25) is 0 Å². The minimum atomic E-state index is -0.798. The van der Waals surface area contributed by atoms with Crippen LogP contribution in [0.5, 0.6) is 0 Å².